The van der Waals surface area contributed by atoms with Gasteiger partial charge in [-0.3, -0.25) is 10.1 Å². The Morgan fingerprint density at radius 1 is 1.19 bits per heavy atom. The molecule has 0 heterocycles. The Morgan fingerprint density at radius 3 is 2.67 bits per heavy atom. The van der Waals surface area contributed by atoms with Crippen LogP contribution in [0.1, 0.15) is 39.5 Å². The number of benzene rings is 2. The number of ether oxygens (including phenoxy) is 1. The molecule has 0 aliphatic rings. The Morgan fingerprint density at radius 2 is 1.95 bits per heavy atom. The molecule has 0 unspecified atom stereocenters. The number of nitrogens with zero attached hydrogens (tertiary/aromatic N) is 1. The van der Waals surface area contributed by atoms with Crippen LogP contribution in [0.5, 0.6) is 5.75 Å². The second-order valence-electron chi connectivity index (χ2n) is 5.31. The van der Waals surface area contributed by atoms with E-state index in [4.69, 9.17) is 4.74 Å². The summed E-state index contributed by atoms with van der Waals surface area (Å²) < 4.78 is 5.82. The van der Waals surface area contributed by atoms with Crippen molar-refractivity contribution in [1.29, 1.82) is 0 Å². The summed E-state index contributed by atoms with van der Waals surface area (Å²) in [7, 11) is 0. The van der Waals surface area contributed by atoms with Gasteiger partial charge < -0.3 is 4.74 Å². The fourth-order valence-electron chi connectivity index (χ4n) is 2.48. The molecule has 4 nitrogen and oxygen atoms in total. The van der Waals surface area contributed by atoms with Gasteiger partial charge in [0.1, 0.15) is 0 Å². The lowest BCUT2D eigenvalue weighted by atomic mass is 10.1. The summed E-state index contributed by atoms with van der Waals surface area (Å²) in [6, 6.07) is 10.9. The zero-order chi connectivity index (χ0) is 15.2. The van der Waals surface area contributed by atoms with Crippen molar-refractivity contribution < 1.29 is 9.66 Å². The highest BCUT2D eigenvalue weighted by molar-refractivity contribution is 5.93. The first-order valence-electron chi connectivity index (χ1n) is 7.46. The van der Waals surface area contributed by atoms with Crippen LogP contribution in [0.25, 0.3) is 10.8 Å². The SMILES string of the molecule is CCCCC[C@H](C)Oc1ccc2ccccc2c1[N+](=O)[O-]. The minimum atomic E-state index is -0.351. The van der Waals surface area contributed by atoms with E-state index in [0.717, 1.165) is 31.1 Å². The van der Waals surface area contributed by atoms with Crippen LogP contribution >= 0.6 is 0 Å². The first-order chi connectivity index (χ1) is 10.1. The van der Waals surface area contributed by atoms with Crippen molar-refractivity contribution in [3.8, 4) is 5.75 Å². The largest absolute Gasteiger partial charge is 0.484 e. The second-order valence-corrected chi connectivity index (χ2v) is 5.31. The monoisotopic (exact) mass is 287 g/mol. The zero-order valence-corrected chi connectivity index (χ0v) is 12.5. The van der Waals surface area contributed by atoms with Gasteiger partial charge in [-0.2, -0.15) is 0 Å². The Bertz CT molecular complexity index is 624. The summed E-state index contributed by atoms with van der Waals surface area (Å²) in [6.45, 7) is 4.12. The number of hydrogen-bond donors (Lipinski definition) is 0. The van der Waals surface area contributed by atoms with E-state index in [1.165, 1.54) is 0 Å². The summed E-state index contributed by atoms with van der Waals surface area (Å²) in [4.78, 5) is 11.1. The minimum absolute atomic E-state index is 0.0172. The lowest BCUT2D eigenvalue weighted by Gasteiger charge is -2.15. The van der Waals surface area contributed by atoms with E-state index in [-0.39, 0.29) is 16.7 Å². The number of nitro benzene ring substituents is 1. The van der Waals surface area contributed by atoms with Crippen LogP contribution < -0.4 is 4.74 Å². The Labute approximate surface area is 124 Å². The highest BCUT2D eigenvalue weighted by Crippen LogP contribution is 2.35. The molecule has 2 aromatic carbocycles. The van der Waals surface area contributed by atoms with Gasteiger partial charge in [0.05, 0.1) is 16.4 Å². The van der Waals surface area contributed by atoms with Gasteiger partial charge >= 0.3 is 5.69 Å². The molecule has 0 bridgehead atoms. The molecule has 21 heavy (non-hydrogen) atoms. The van der Waals surface area contributed by atoms with Crippen molar-refractivity contribution in [2.24, 2.45) is 0 Å². The Kier molecular flexibility index (Phi) is 5.14. The molecule has 0 aliphatic carbocycles. The highest BCUT2D eigenvalue weighted by atomic mass is 16.6. The highest BCUT2D eigenvalue weighted by Gasteiger charge is 2.20. The van der Waals surface area contributed by atoms with Gasteiger partial charge in [-0.25, -0.2) is 0 Å². The molecule has 0 aliphatic heterocycles. The summed E-state index contributed by atoms with van der Waals surface area (Å²) >= 11 is 0. The summed E-state index contributed by atoms with van der Waals surface area (Å²) in [5, 5.41) is 12.9. The topological polar surface area (TPSA) is 52.4 Å². The molecule has 2 aromatic rings. The molecular weight excluding hydrogens is 266 g/mol. The van der Waals surface area contributed by atoms with E-state index in [1.54, 1.807) is 12.1 Å². The van der Waals surface area contributed by atoms with Crippen molar-refractivity contribution in [2.75, 3.05) is 0 Å². The van der Waals surface area contributed by atoms with E-state index in [1.807, 2.05) is 31.2 Å². The standard InChI is InChI=1S/C17H21NO3/c1-3-4-5-8-13(2)21-16-12-11-14-9-6-7-10-15(14)17(16)18(19)20/h6-7,9-13H,3-5,8H2,1-2H3/t13-/m0/s1. The molecule has 0 N–H and O–H groups in total. The third-order valence-corrected chi connectivity index (χ3v) is 3.59. The molecule has 0 saturated carbocycles. The lowest BCUT2D eigenvalue weighted by Crippen LogP contribution is -2.12. The number of rotatable bonds is 7. The molecular formula is C17H21NO3. The normalized spacial score (nSPS) is 12.3. The average molecular weight is 287 g/mol. The van der Waals surface area contributed by atoms with Crippen LogP contribution in [-0.4, -0.2) is 11.0 Å². The van der Waals surface area contributed by atoms with E-state index in [2.05, 4.69) is 6.92 Å². The van der Waals surface area contributed by atoms with Gasteiger partial charge in [0, 0.05) is 0 Å². The summed E-state index contributed by atoms with van der Waals surface area (Å²) in [6.07, 6.45) is 4.30. The van der Waals surface area contributed by atoms with E-state index >= 15 is 0 Å². The zero-order valence-electron chi connectivity index (χ0n) is 12.5. The fourth-order valence-corrected chi connectivity index (χ4v) is 2.48. The van der Waals surface area contributed by atoms with Gasteiger partial charge in [-0.15, -0.1) is 0 Å². The van der Waals surface area contributed by atoms with Crippen LogP contribution in [0, 0.1) is 10.1 Å². The third-order valence-electron chi connectivity index (χ3n) is 3.59. The van der Waals surface area contributed by atoms with Crippen molar-refractivity contribution in [1.82, 2.24) is 0 Å². The number of unbranched alkanes of at least 4 members (excludes halogenated alkanes) is 2. The fraction of sp³-hybridized carbons (Fsp3) is 0.412. The predicted molar refractivity (Wildman–Crippen MR) is 84.8 cm³/mol. The van der Waals surface area contributed by atoms with Gasteiger partial charge in [0.2, 0.25) is 0 Å². The van der Waals surface area contributed by atoms with Crippen molar-refractivity contribution in [3.63, 3.8) is 0 Å². The van der Waals surface area contributed by atoms with Crippen molar-refractivity contribution >= 4 is 16.5 Å². The number of nitro groups is 1. The molecule has 0 amide bonds. The maximum absolute atomic E-state index is 11.4. The molecule has 4 heteroatoms. The van der Waals surface area contributed by atoms with Crippen LogP contribution in [0.15, 0.2) is 36.4 Å². The maximum Gasteiger partial charge on any atom is 0.318 e. The summed E-state index contributed by atoms with van der Waals surface area (Å²) in [5.74, 6) is 0.364. The molecule has 0 radical (unpaired) electrons. The molecule has 1 atom stereocenters. The molecule has 0 saturated heterocycles. The molecule has 0 aromatic heterocycles. The van der Waals surface area contributed by atoms with Crippen LogP contribution in [0.4, 0.5) is 5.69 Å². The first kappa shape index (κ1) is 15.3. The number of hydrogen-bond acceptors (Lipinski definition) is 3. The van der Waals surface area contributed by atoms with Gasteiger partial charge in [0.15, 0.2) is 5.75 Å². The first-order valence-corrected chi connectivity index (χ1v) is 7.46. The van der Waals surface area contributed by atoms with Gasteiger partial charge in [0.25, 0.3) is 0 Å². The molecule has 2 rings (SSSR count). The third kappa shape index (κ3) is 3.72. The van der Waals surface area contributed by atoms with E-state index in [9.17, 15) is 10.1 Å². The minimum Gasteiger partial charge on any atom is -0.484 e. The maximum atomic E-state index is 11.4. The Balaban J connectivity index is 2.27. The van der Waals surface area contributed by atoms with Gasteiger partial charge in [-0.1, -0.05) is 44.0 Å². The molecule has 0 spiro atoms. The number of fused-ring (bicyclic) bond motifs is 1. The van der Waals surface area contributed by atoms with E-state index in [0.29, 0.717) is 11.1 Å². The lowest BCUT2D eigenvalue weighted by molar-refractivity contribution is -0.384. The molecule has 112 valence electrons. The van der Waals surface area contributed by atoms with Crippen molar-refractivity contribution in [2.45, 2.75) is 45.6 Å². The van der Waals surface area contributed by atoms with E-state index < -0.39 is 0 Å². The van der Waals surface area contributed by atoms with Crippen molar-refractivity contribution in [3.05, 3.63) is 46.5 Å². The second kappa shape index (κ2) is 7.07. The van der Waals surface area contributed by atoms with Crippen LogP contribution in [-0.2, 0) is 0 Å². The van der Waals surface area contributed by atoms with Crippen LogP contribution in [0.3, 0.4) is 0 Å². The summed E-state index contributed by atoms with van der Waals surface area (Å²) in [5.41, 5.74) is 0.0652. The quantitative estimate of drug-likeness (QED) is 0.404. The van der Waals surface area contributed by atoms with Gasteiger partial charge in [-0.05, 0) is 37.3 Å². The average Bonchev–Trinajstić information content (AvgIpc) is 2.47. The smallest absolute Gasteiger partial charge is 0.318 e. The molecule has 0 fully saturated rings. The Hall–Kier alpha value is -2.10. The van der Waals surface area contributed by atoms with Crippen LogP contribution in [0.2, 0.25) is 0 Å². The predicted octanol–water partition coefficient (Wildman–Crippen LogP) is 5.10.